The molecule has 5 fully saturated rings. The lowest BCUT2D eigenvalue weighted by Gasteiger charge is -2.46. The summed E-state index contributed by atoms with van der Waals surface area (Å²) < 4.78 is 28.2. The fraction of sp³-hybridized carbons (Fsp3) is 0.630. The summed E-state index contributed by atoms with van der Waals surface area (Å²) in [5.74, 6) is -8.12. The average Bonchev–Trinajstić information content (AvgIpc) is 1.42. The van der Waals surface area contributed by atoms with Crippen LogP contribution in [0.4, 0.5) is 0 Å². The number of benzene rings is 2. The number of halogens is 1. The first-order valence-electron chi connectivity index (χ1n) is 28.9. The van der Waals surface area contributed by atoms with Gasteiger partial charge in [-0.1, -0.05) is 48.9 Å². The van der Waals surface area contributed by atoms with Gasteiger partial charge in [0.2, 0.25) is 42.1 Å². The zero-order valence-corrected chi connectivity index (χ0v) is 49.6. The molecule has 5 amide bonds. The molecule has 2 aromatic rings. The Kier molecular flexibility index (Phi) is 25.7. The molecule has 1 radical (unpaired) electrons. The Morgan fingerprint density at radius 2 is 1.26 bits per heavy atom. The van der Waals surface area contributed by atoms with Crippen LogP contribution in [-0.2, 0) is 54.1 Å². The number of aliphatic hydroxyl groups excluding tert-OH is 14. The zero-order chi connectivity index (χ0) is 67.6. The van der Waals surface area contributed by atoms with Crippen LogP contribution in [-0.4, -0.2) is 317 Å². The van der Waals surface area contributed by atoms with Gasteiger partial charge in [-0.25, -0.2) is 0 Å². The van der Waals surface area contributed by atoms with E-state index in [1.807, 2.05) is 0 Å². The predicted molar refractivity (Wildman–Crippen MR) is 308 cm³/mol. The molecule has 2 aromatic carbocycles. The van der Waals surface area contributed by atoms with E-state index in [9.17, 15) is 95.5 Å². The standard InChI is InChI=1S/C54H78ClN12O25/c1-19(23-4-2-3-5-24(23)55)32(64-31(73)11-56)47(85)62-25(10-20-6-8-22(9-7-20)88-51-44(83)41(80)45(30(18-72)91-51)92-52-43(82)40(79)38(77)29(17-71)90-52)46(84)65-33(35(74)26-12-59-53(57)63-26)49(87)66-34(48(86)61-21(14-68)15-69)36(75)27-13-60-54(58)67(27)50-42(81)39(78)37(76)28(16-70)89-50/h2-9,19,21,25-30,32-45,50-52,68,70-72,74-83H,10-14,16-18,56H2,1H3,(H2,58,60)(H,61,86)(H,62,85)(H,64,73)(H,65,84)(H,66,87)(H3,57,59,63). The lowest BCUT2D eigenvalue weighted by Crippen LogP contribution is -2.69. The zero-order valence-electron chi connectivity index (χ0n) is 48.9. The maximum Gasteiger partial charge on any atom is 0.246 e. The minimum atomic E-state index is -2.34. The highest BCUT2D eigenvalue weighted by Crippen LogP contribution is 2.33. The number of nitrogens with one attached hydrogen (secondary N) is 10. The van der Waals surface area contributed by atoms with Crippen LogP contribution in [0.25, 0.3) is 0 Å². The number of rotatable bonds is 28. The molecule has 0 bridgehead atoms. The van der Waals surface area contributed by atoms with Crippen molar-refractivity contribution in [2.75, 3.05) is 46.1 Å². The van der Waals surface area contributed by atoms with E-state index < -0.39 is 234 Å². The van der Waals surface area contributed by atoms with E-state index in [1.54, 1.807) is 18.2 Å². The molecule has 7 rings (SSSR count). The Balaban J connectivity index is 1.20. The lowest BCUT2D eigenvalue weighted by molar-refractivity contribution is -0.352. The van der Waals surface area contributed by atoms with E-state index in [2.05, 4.69) is 42.5 Å². The molecule has 25 atom stereocenters. The third-order valence-electron chi connectivity index (χ3n) is 16.2. The Morgan fingerprint density at radius 3 is 1.86 bits per heavy atom. The molecule has 5 heterocycles. The van der Waals surface area contributed by atoms with Gasteiger partial charge in [-0.2, -0.15) is 0 Å². The highest BCUT2D eigenvalue weighted by atomic mass is 35.5. The van der Waals surface area contributed by atoms with Crippen LogP contribution in [0.2, 0.25) is 5.02 Å². The second kappa shape index (κ2) is 32.5. The van der Waals surface area contributed by atoms with Gasteiger partial charge in [-0.3, -0.25) is 39.6 Å². The van der Waals surface area contributed by atoms with E-state index in [0.717, 1.165) is 4.90 Å². The number of amides is 5. The number of ether oxygens (including phenoxy) is 5. The number of guanidine groups is 2. The van der Waals surface area contributed by atoms with E-state index in [0.29, 0.717) is 5.56 Å². The minimum absolute atomic E-state index is 0.0973. The van der Waals surface area contributed by atoms with E-state index >= 15 is 4.79 Å². The molecule has 5 aliphatic rings. The summed E-state index contributed by atoms with van der Waals surface area (Å²) in [7, 11) is 0. The molecule has 0 saturated carbocycles. The summed E-state index contributed by atoms with van der Waals surface area (Å²) >= 11 is 6.54. The summed E-state index contributed by atoms with van der Waals surface area (Å²) in [5, 5.41) is 186. The van der Waals surface area contributed by atoms with Gasteiger partial charge >= 0.3 is 0 Å². The topological polar surface area (TPSA) is 605 Å². The number of carbonyl (C=O) groups excluding carboxylic acids is 6. The van der Waals surface area contributed by atoms with Crippen molar-refractivity contribution in [2.24, 2.45) is 5.73 Å². The molecule has 5 aliphatic heterocycles. The SMILES string of the molecule is CC(c1ccccc1Cl)C(NC(=O)CN)C(=O)NC(Cc1ccc(OC2OC(CO)C(OC3OC(CO)C(O)C(O)C3O)C(O)C2O)cc1)C(=O)NC(C(=O)NC(C(=O)NC([C]=O)CO)C(O)C1CNC(=N)N1C1OC(CO)C(O)C(O)C1O)C(O)C1CNC(=N)N1. The molecule has 0 aromatic heterocycles. The van der Waals surface area contributed by atoms with Crippen molar-refractivity contribution >= 4 is 59.3 Å². The van der Waals surface area contributed by atoms with E-state index in [-0.39, 0.29) is 28.8 Å². The number of hydrogen-bond acceptors (Lipinski definition) is 28. The van der Waals surface area contributed by atoms with Crippen LogP contribution in [0.5, 0.6) is 5.75 Å². The molecule has 5 saturated heterocycles. The molecule has 92 heavy (non-hydrogen) atoms. The van der Waals surface area contributed by atoms with Gasteiger partial charge in [0.05, 0.1) is 45.1 Å². The van der Waals surface area contributed by atoms with Crippen LogP contribution >= 0.6 is 11.6 Å². The fourth-order valence-corrected chi connectivity index (χ4v) is 11.3. The molecule has 38 heteroatoms. The number of hydrogen-bond donors (Lipinski definition) is 25. The second-order valence-corrected chi connectivity index (χ2v) is 22.7. The molecule has 25 unspecified atom stereocenters. The highest BCUT2D eigenvalue weighted by Gasteiger charge is 2.54. The van der Waals surface area contributed by atoms with Crippen LogP contribution < -0.4 is 53.0 Å². The van der Waals surface area contributed by atoms with E-state index in [4.69, 9.17) is 51.8 Å². The van der Waals surface area contributed by atoms with Gasteiger partial charge in [0, 0.05) is 30.5 Å². The van der Waals surface area contributed by atoms with Crippen LogP contribution in [0, 0.1) is 10.8 Å². The van der Waals surface area contributed by atoms with Crippen LogP contribution in [0.1, 0.15) is 24.0 Å². The number of nitrogens with zero attached hydrogens (tertiary/aromatic N) is 1. The quantitative estimate of drug-likeness (QED) is 0.0376. The first kappa shape index (κ1) is 72.8. The fourth-order valence-electron chi connectivity index (χ4n) is 11.0. The van der Waals surface area contributed by atoms with Crippen molar-refractivity contribution in [3.63, 3.8) is 0 Å². The predicted octanol–water partition coefficient (Wildman–Crippen LogP) is -12.6. The maximum absolute atomic E-state index is 15.1. The van der Waals surface area contributed by atoms with Crippen molar-refractivity contribution in [3.05, 3.63) is 64.7 Å². The largest absolute Gasteiger partial charge is 0.462 e. The molecule has 0 spiro atoms. The Bertz CT molecular complexity index is 2880. The van der Waals surface area contributed by atoms with Crippen molar-refractivity contribution < 1.29 is 124 Å². The number of aliphatic hydroxyl groups is 14. The maximum atomic E-state index is 15.1. The number of nitrogens with two attached hydrogens (primary N) is 1. The Labute approximate surface area is 528 Å². The first-order valence-corrected chi connectivity index (χ1v) is 29.2. The molecule has 511 valence electrons. The highest BCUT2D eigenvalue weighted by molar-refractivity contribution is 6.31. The van der Waals surface area contributed by atoms with E-state index in [1.165, 1.54) is 43.5 Å². The average molecular weight is 1330 g/mol. The molecule has 26 N–H and O–H groups in total. The summed E-state index contributed by atoms with van der Waals surface area (Å²) in [6, 6.07) is -1.27. The first-order chi connectivity index (χ1) is 43.7. The van der Waals surface area contributed by atoms with Gasteiger partial charge < -0.3 is 148 Å². The molecule has 0 aliphatic carbocycles. The van der Waals surface area contributed by atoms with Crippen molar-refractivity contribution in [1.29, 1.82) is 10.8 Å². The van der Waals surface area contributed by atoms with Crippen LogP contribution in [0.3, 0.4) is 0 Å². The molecule has 37 nitrogen and oxygen atoms in total. The summed E-state index contributed by atoms with van der Waals surface area (Å²) in [6.07, 6.45) is -30.7. The van der Waals surface area contributed by atoms with Crippen molar-refractivity contribution in [1.82, 2.24) is 47.4 Å². The van der Waals surface area contributed by atoms with Gasteiger partial charge in [0.25, 0.3) is 0 Å². The monoisotopic (exact) mass is 1330 g/mol. The summed E-state index contributed by atoms with van der Waals surface area (Å²) in [4.78, 5) is 84.5. The lowest BCUT2D eigenvalue weighted by atomic mass is 9.91. The smallest absolute Gasteiger partial charge is 0.246 e. The number of carbonyl (C=O) groups is 5. The normalized spacial score (nSPS) is 32.4. The van der Waals surface area contributed by atoms with Crippen molar-refractivity contribution in [2.45, 2.75) is 166 Å². The summed E-state index contributed by atoms with van der Waals surface area (Å²) in [5.41, 5.74) is 6.18. The van der Waals surface area contributed by atoms with Gasteiger partial charge in [-0.15, -0.1) is 0 Å². The second-order valence-electron chi connectivity index (χ2n) is 22.3. The van der Waals surface area contributed by atoms with Gasteiger partial charge in [0.1, 0.15) is 121 Å². The molecular weight excluding hydrogens is 1250 g/mol. The summed E-state index contributed by atoms with van der Waals surface area (Å²) in [6.45, 7) is -3.56. The Hall–Kier alpha value is -6.67. The molecular formula is C54H78ClN12O25. The van der Waals surface area contributed by atoms with Gasteiger partial charge in [-0.05, 0) is 29.3 Å². The van der Waals surface area contributed by atoms with Crippen LogP contribution in [0.15, 0.2) is 48.5 Å². The van der Waals surface area contributed by atoms with Gasteiger partial charge in [0.15, 0.2) is 24.4 Å². The third-order valence-corrected chi connectivity index (χ3v) is 16.6. The minimum Gasteiger partial charge on any atom is -0.462 e. The Morgan fingerprint density at radius 1 is 0.685 bits per heavy atom. The third kappa shape index (κ3) is 16.6. The van der Waals surface area contributed by atoms with Crippen molar-refractivity contribution in [3.8, 4) is 5.75 Å².